The van der Waals surface area contributed by atoms with Crippen LogP contribution in [0.25, 0.3) is 0 Å². The number of nitrogens with zero attached hydrogens (tertiary/aromatic N) is 1. The first kappa shape index (κ1) is 19.6. The molecule has 0 aromatic carbocycles. The number of terminal acetylenes is 1. The Hall–Kier alpha value is -0.480. The number of hydrogen-bond donors (Lipinski definition) is 0. The van der Waals surface area contributed by atoms with E-state index in [4.69, 9.17) is 6.42 Å². The minimum atomic E-state index is 0.0704. The van der Waals surface area contributed by atoms with Gasteiger partial charge in [-0.3, -0.25) is 4.90 Å². The van der Waals surface area contributed by atoms with Crippen LogP contribution in [0.1, 0.15) is 81.6 Å². The number of rotatable bonds is 2. The predicted molar refractivity (Wildman–Crippen MR) is 98.8 cm³/mol. The van der Waals surface area contributed by atoms with Gasteiger partial charge in [-0.25, -0.2) is 0 Å². The Morgan fingerprint density at radius 3 is 2.05 bits per heavy atom. The van der Waals surface area contributed by atoms with Gasteiger partial charge < -0.3 is 0 Å². The van der Waals surface area contributed by atoms with Crippen molar-refractivity contribution >= 4 is 0 Å². The first-order valence-electron chi connectivity index (χ1n) is 8.89. The van der Waals surface area contributed by atoms with Crippen LogP contribution >= 0.6 is 0 Å². The van der Waals surface area contributed by atoms with E-state index in [-0.39, 0.29) is 5.54 Å². The second-order valence-electron chi connectivity index (χ2n) is 10.6. The SMILES string of the molecule is C#CCC(C)(C)N1CC(C)(C)CC(C)C(C)(C)CC(C)(C)C1. The zero-order chi connectivity index (χ0) is 17.4. The van der Waals surface area contributed by atoms with Gasteiger partial charge in [-0.15, -0.1) is 12.3 Å². The molecular weight excluding hydrogens is 266 g/mol. The molecule has 128 valence electrons. The molecule has 1 fully saturated rings. The van der Waals surface area contributed by atoms with Crippen molar-refractivity contribution in [1.82, 2.24) is 4.90 Å². The normalized spacial score (nSPS) is 29.0. The molecule has 0 aromatic heterocycles. The van der Waals surface area contributed by atoms with E-state index in [2.05, 4.69) is 73.1 Å². The van der Waals surface area contributed by atoms with Crippen molar-refractivity contribution in [3.05, 3.63) is 0 Å². The zero-order valence-corrected chi connectivity index (χ0v) is 16.6. The molecule has 1 aliphatic rings. The maximum absolute atomic E-state index is 5.65. The molecule has 0 amide bonds. The van der Waals surface area contributed by atoms with Crippen LogP contribution in [-0.2, 0) is 0 Å². The summed E-state index contributed by atoms with van der Waals surface area (Å²) in [4.78, 5) is 2.67. The molecule has 0 bridgehead atoms. The molecular formula is C21H39N. The second kappa shape index (κ2) is 6.20. The molecule has 0 aliphatic carbocycles. The van der Waals surface area contributed by atoms with Crippen molar-refractivity contribution in [2.24, 2.45) is 22.2 Å². The highest BCUT2D eigenvalue weighted by Crippen LogP contribution is 2.46. The summed E-state index contributed by atoms with van der Waals surface area (Å²) in [6.45, 7) is 23.9. The van der Waals surface area contributed by atoms with Gasteiger partial charge in [0.1, 0.15) is 0 Å². The minimum Gasteiger partial charge on any atom is -0.296 e. The first-order chi connectivity index (χ1) is 9.71. The van der Waals surface area contributed by atoms with Crippen molar-refractivity contribution in [3.63, 3.8) is 0 Å². The molecule has 1 atom stereocenters. The Kier molecular flexibility index (Phi) is 5.51. The van der Waals surface area contributed by atoms with Gasteiger partial charge in [-0.05, 0) is 48.9 Å². The molecule has 0 saturated carbocycles. The fraction of sp³-hybridized carbons (Fsp3) is 0.905. The van der Waals surface area contributed by atoms with E-state index >= 15 is 0 Å². The topological polar surface area (TPSA) is 3.24 Å². The van der Waals surface area contributed by atoms with Gasteiger partial charge in [0.25, 0.3) is 0 Å². The van der Waals surface area contributed by atoms with Crippen LogP contribution in [0.3, 0.4) is 0 Å². The molecule has 1 nitrogen and oxygen atoms in total. The van der Waals surface area contributed by atoms with Crippen LogP contribution in [-0.4, -0.2) is 23.5 Å². The maximum Gasteiger partial charge on any atom is 0.0266 e. The van der Waals surface area contributed by atoms with Crippen LogP contribution in [0, 0.1) is 34.5 Å². The summed E-state index contributed by atoms with van der Waals surface area (Å²) in [5.41, 5.74) is 1.08. The lowest BCUT2D eigenvalue weighted by molar-refractivity contribution is 0.0373. The standard InChI is InChI=1S/C21H39N/c1-11-12-21(9,10)22-15-18(3,4)13-17(2)20(7,8)14-19(5,6)16-22/h1,17H,12-16H2,2-10H3. The van der Waals surface area contributed by atoms with Crippen LogP contribution in [0.2, 0.25) is 0 Å². The summed E-state index contributed by atoms with van der Waals surface area (Å²) >= 11 is 0. The average Bonchev–Trinajstić information content (AvgIpc) is 2.25. The monoisotopic (exact) mass is 305 g/mol. The molecule has 1 saturated heterocycles. The molecule has 1 aliphatic heterocycles. The maximum atomic E-state index is 5.65. The van der Waals surface area contributed by atoms with Gasteiger partial charge in [0.15, 0.2) is 0 Å². The van der Waals surface area contributed by atoms with E-state index in [0.29, 0.717) is 16.2 Å². The largest absolute Gasteiger partial charge is 0.296 e. The Bertz CT molecular complexity index is 420. The molecule has 1 heteroatoms. The third-order valence-electron chi connectivity index (χ3n) is 5.76. The zero-order valence-electron chi connectivity index (χ0n) is 16.6. The van der Waals surface area contributed by atoms with Gasteiger partial charge in [-0.1, -0.05) is 48.5 Å². The lowest BCUT2D eigenvalue weighted by atomic mass is 9.66. The number of hydrogen-bond acceptors (Lipinski definition) is 1. The van der Waals surface area contributed by atoms with Gasteiger partial charge in [0, 0.05) is 25.0 Å². The predicted octanol–water partition coefficient (Wildman–Crippen LogP) is 5.60. The van der Waals surface area contributed by atoms with E-state index in [1.54, 1.807) is 0 Å². The van der Waals surface area contributed by atoms with Gasteiger partial charge >= 0.3 is 0 Å². The first-order valence-corrected chi connectivity index (χ1v) is 8.89. The molecule has 22 heavy (non-hydrogen) atoms. The minimum absolute atomic E-state index is 0.0704. The van der Waals surface area contributed by atoms with E-state index in [1.807, 2.05) is 0 Å². The quantitative estimate of drug-likeness (QED) is 0.600. The van der Waals surface area contributed by atoms with E-state index in [1.165, 1.54) is 12.8 Å². The van der Waals surface area contributed by atoms with E-state index < -0.39 is 0 Å². The highest BCUT2D eigenvalue weighted by Gasteiger charge is 2.42. The Labute approximate surface area is 140 Å². The van der Waals surface area contributed by atoms with Crippen LogP contribution < -0.4 is 0 Å². The van der Waals surface area contributed by atoms with Gasteiger partial charge in [0.05, 0.1) is 0 Å². The van der Waals surface area contributed by atoms with Crippen molar-refractivity contribution in [3.8, 4) is 12.3 Å². The molecule has 0 aromatic rings. The molecule has 0 spiro atoms. The van der Waals surface area contributed by atoms with Gasteiger partial charge in [-0.2, -0.15) is 0 Å². The average molecular weight is 306 g/mol. The fourth-order valence-electron chi connectivity index (χ4n) is 4.51. The summed E-state index contributed by atoms with van der Waals surface area (Å²) in [7, 11) is 0. The van der Waals surface area contributed by atoms with Gasteiger partial charge in [0.2, 0.25) is 0 Å². The summed E-state index contributed by atoms with van der Waals surface area (Å²) in [5.74, 6) is 3.63. The molecule has 0 N–H and O–H groups in total. The molecule has 0 radical (unpaired) electrons. The summed E-state index contributed by atoms with van der Waals surface area (Å²) in [6.07, 6.45) is 9.00. The van der Waals surface area contributed by atoms with Crippen molar-refractivity contribution < 1.29 is 0 Å². The fourth-order valence-corrected chi connectivity index (χ4v) is 4.51. The summed E-state index contributed by atoms with van der Waals surface area (Å²) < 4.78 is 0. The molecule has 1 unspecified atom stereocenters. The third-order valence-corrected chi connectivity index (χ3v) is 5.76. The Morgan fingerprint density at radius 1 is 1.05 bits per heavy atom. The van der Waals surface area contributed by atoms with Crippen molar-refractivity contribution in [1.29, 1.82) is 0 Å². The summed E-state index contributed by atoms with van der Waals surface area (Å²) in [6, 6.07) is 0. The van der Waals surface area contributed by atoms with Crippen molar-refractivity contribution in [2.75, 3.05) is 13.1 Å². The van der Waals surface area contributed by atoms with Crippen molar-refractivity contribution in [2.45, 2.75) is 87.1 Å². The molecule has 1 rings (SSSR count). The highest BCUT2D eigenvalue weighted by molar-refractivity contribution is 5.00. The highest BCUT2D eigenvalue weighted by atomic mass is 15.2. The third kappa shape index (κ3) is 5.02. The van der Waals surface area contributed by atoms with Crippen LogP contribution in [0.15, 0.2) is 0 Å². The van der Waals surface area contributed by atoms with Crippen LogP contribution in [0.4, 0.5) is 0 Å². The lowest BCUT2D eigenvalue weighted by Gasteiger charge is -2.45. The van der Waals surface area contributed by atoms with E-state index in [9.17, 15) is 0 Å². The Morgan fingerprint density at radius 2 is 1.55 bits per heavy atom. The second-order valence-corrected chi connectivity index (χ2v) is 10.6. The van der Waals surface area contributed by atoms with E-state index in [0.717, 1.165) is 25.4 Å². The molecule has 1 heterocycles. The Balaban J connectivity index is 3.20. The summed E-state index contributed by atoms with van der Waals surface area (Å²) in [5, 5.41) is 0. The smallest absolute Gasteiger partial charge is 0.0266 e. The lowest BCUT2D eigenvalue weighted by Crippen LogP contribution is -2.51. The van der Waals surface area contributed by atoms with Crippen LogP contribution in [0.5, 0.6) is 0 Å².